The molecule has 0 spiro atoms. The fourth-order valence-corrected chi connectivity index (χ4v) is 26.2. The van der Waals surface area contributed by atoms with Gasteiger partial charge in [-0.2, -0.15) is 12.4 Å². The van der Waals surface area contributed by atoms with Gasteiger partial charge in [-0.15, -0.1) is 22.9 Å². The predicted molar refractivity (Wildman–Crippen MR) is 380 cm³/mol. The summed E-state index contributed by atoms with van der Waals surface area (Å²) < 4.78 is 9.64. The van der Waals surface area contributed by atoms with Crippen molar-refractivity contribution in [3.8, 4) is 33.8 Å². The SMILES string of the molecule is C[Si](C)(C)[N-][Si](C)(C)C.C[Si](C)(C)[N-][Si](C)(C)C.[O-]c1ccc2ccccc2c1-c1c(N=Cc2ccc[n-]2)ccc2ccccc12.[O-]c1ccc2ccccc2c1-c1c(N=Cc2ccc[n-]2)ccc2ccccc12.[Y+3].[Y+3].c1ccccc1.c1ccccc1. The number of rotatable bonds is 10. The summed E-state index contributed by atoms with van der Waals surface area (Å²) in [6.07, 6.45) is 6.96. The Kier molecular flexibility index (Phi) is 28.5. The number of hydrogen-bond acceptors (Lipinski definition) is 4. The molecule has 0 saturated heterocycles. The predicted octanol–water partition coefficient (Wildman–Crippen LogP) is 20.3. The first-order valence-corrected chi connectivity index (χ1v) is 43.0. The number of fused-ring (bicyclic) bond motifs is 4. The number of aromatic nitrogens is 2. The Bertz CT molecular complexity index is 3740. The summed E-state index contributed by atoms with van der Waals surface area (Å²) in [5, 5.41) is 34.1. The van der Waals surface area contributed by atoms with Crippen LogP contribution in [0.5, 0.6) is 11.5 Å². The number of aliphatic imine (C=N–C) groups is 2. The van der Waals surface area contributed by atoms with Crippen molar-refractivity contribution in [2.24, 2.45) is 9.98 Å². The summed E-state index contributed by atoms with van der Waals surface area (Å²) in [5.74, 6) is -0.00382. The topological polar surface area (TPSA) is 127 Å². The Hall–Kier alpha value is -6.26. The first kappa shape index (κ1) is 72.5. The van der Waals surface area contributed by atoms with Crippen molar-refractivity contribution in [2.45, 2.75) is 78.6 Å². The summed E-state index contributed by atoms with van der Waals surface area (Å²) in [7, 11) is -4.42. The molecule has 0 N–H and O–H groups in total. The van der Waals surface area contributed by atoms with E-state index in [2.05, 4.69) is 101 Å². The maximum absolute atomic E-state index is 13.0. The van der Waals surface area contributed by atoms with E-state index in [1.165, 1.54) is 0 Å². The molecule has 0 fully saturated rings. The van der Waals surface area contributed by atoms with E-state index in [1.807, 2.05) is 218 Å². The van der Waals surface area contributed by atoms with Crippen LogP contribution >= 0.6 is 0 Å². The Morgan fingerprint density at radius 2 is 0.545 bits per heavy atom. The Labute approximate surface area is 577 Å². The fourth-order valence-electron chi connectivity index (χ4n) is 10.1. The van der Waals surface area contributed by atoms with Crippen LogP contribution in [-0.2, 0) is 65.4 Å². The van der Waals surface area contributed by atoms with Crippen LogP contribution in [0.15, 0.2) is 265 Å². The molecule has 0 aliphatic rings. The van der Waals surface area contributed by atoms with Crippen LogP contribution < -0.4 is 20.2 Å². The van der Waals surface area contributed by atoms with Gasteiger partial charge in [-0.25, -0.2) is 0 Å². The van der Waals surface area contributed by atoms with Gasteiger partial charge in [0, 0.05) is 23.6 Å². The van der Waals surface area contributed by atoms with E-state index in [-0.39, 0.29) is 76.9 Å². The van der Waals surface area contributed by atoms with Gasteiger partial charge in [0.15, 0.2) is 0 Å². The summed E-state index contributed by atoms with van der Waals surface area (Å²) in [5.41, 5.74) is 6.21. The second kappa shape index (κ2) is 34.6. The van der Waals surface area contributed by atoms with Gasteiger partial charge in [-0.1, -0.05) is 342 Å². The molecule has 0 radical (unpaired) electrons. The number of benzene rings is 10. The van der Waals surface area contributed by atoms with Crippen molar-refractivity contribution >= 4 is 99.8 Å². The molecule has 0 saturated carbocycles. The van der Waals surface area contributed by atoms with Crippen LogP contribution in [0.4, 0.5) is 11.4 Å². The first-order valence-electron chi connectivity index (χ1n) is 29.2. The average Bonchev–Trinajstić information content (AvgIpc) is 3.24. The van der Waals surface area contributed by atoms with E-state index in [4.69, 9.17) is 19.3 Å². The molecule has 0 bridgehead atoms. The molecule has 440 valence electrons. The van der Waals surface area contributed by atoms with Gasteiger partial charge in [0.2, 0.25) is 0 Å². The minimum atomic E-state index is -1.11. The van der Waals surface area contributed by atoms with Crippen molar-refractivity contribution in [1.29, 1.82) is 0 Å². The Balaban J connectivity index is 0.000000217. The smallest absolute Gasteiger partial charge is 0.872 e. The monoisotopic (exact) mass is 1370 g/mol. The van der Waals surface area contributed by atoms with E-state index in [0.29, 0.717) is 11.1 Å². The zero-order valence-corrected chi connectivity index (χ0v) is 62.7. The van der Waals surface area contributed by atoms with Crippen molar-refractivity contribution in [3.05, 3.63) is 276 Å². The van der Waals surface area contributed by atoms with Crippen molar-refractivity contribution in [1.82, 2.24) is 9.97 Å². The second-order valence-electron chi connectivity index (χ2n) is 24.5. The zero-order valence-electron chi connectivity index (χ0n) is 53.1. The third-order valence-electron chi connectivity index (χ3n) is 12.6. The minimum absolute atomic E-state index is 0. The van der Waals surface area contributed by atoms with E-state index < -0.39 is 32.9 Å². The van der Waals surface area contributed by atoms with Gasteiger partial charge in [0.1, 0.15) is 0 Å². The van der Waals surface area contributed by atoms with Gasteiger partial charge in [0.25, 0.3) is 0 Å². The third-order valence-corrected chi connectivity index (χ3v) is 23.3. The van der Waals surface area contributed by atoms with Gasteiger partial charge >= 0.3 is 65.4 Å². The molecule has 8 nitrogen and oxygen atoms in total. The number of nitrogens with zero attached hydrogens (tertiary/aromatic N) is 6. The van der Waals surface area contributed by atoms with Crippen LogP contribution in [0.2, 0.25) is 78.6 Å². The standard InChI is InChI=1S/2C25H17N2O.2C6H18NSi2.2C6H6.2Y/c2*28-23-14-12-18-7-2-4-10-21(18)25(23)24-20-9-3-1-6-17(20)11-13-22(24)27-16-19-8-5-15-26-19;2*1-8(2,3)7-9(4,5)6;2*1-2-4-6-5-3-1;;/h2*1-16H,(H-,26,27,28);2*1-6H3;2*1-6H;;/q4*-1;;;2*+3/p-2. The van der Waals surface area contributed by atoms with Crippen LogP contribution in [0, 0.1) is 0 Å². The largest absolute Gasteiger partial charge is 3.00 e. The third kappa shape index (κ3) is 23.3. The van der Waals surface area contributed by atoms with Crippen molar-refractivity contribution in [2.75, 3.05) is 0 Å². The summed E-state index contributed by atoms with van der Waals surface area (Å²) in [6, 6.07) is 78.8. The van der Waals surface area contributed by atoms with Gasteiger partial charge in [0.05, 0.1) is 11.4 Å². The molecule has 14 heteroatoms. The molecule has 0 amide bonds. The van der Waals surface area contributed by atoms with Gasteiger partial charge in [-0.05, 0) is 66.3 Å². The van der Waals surface area contributed by atoms with Crippen LogP contribution in [0.1, 0.15) is 11.4 Å². The summed E-state index contributed by atoms with van der Waals surface area (Å²) >= 11 is 0. The van der Waals surface area contributed by atoms with Crippen molar-refractivity contribution < 1.29 is 75.6 Å². The molecule has 10 aromatic carbocycles. The molecular formula is C74H80N6O2Si4Y2. The second-order valence-corrected chi connectivity index (χ2v) is 43.7. The maximum atomic E-state index is 13.0. The van der Waals surface area contributed by atoms with Gasteiger partial charge in [-0.3, -0.25) is 9.98 Å². The zero-order chi connectivity index (χ0) is 61.7. The molecule has 88 heavy (non-hydrogen) atoms. The molecule has 2 aromatic heterocycles. The number of hydrogen-bond donors (Lipinski definition) is 0. The Morgan fingerprint density at radius 1 is 0.295 bits per heavy atom. The van der Waals surface area contributed by atoms with E-state index >= 15 is 0 Å². The molecule has 0 atom stereocenters. The van der Waals surface area contributed by atoms with Crippen LogP contribution in [0.25, 0.3) is 74.6 Å². The van der Waals surface area contributed by atoms with Gasteiger partial charge < -0.3 is 29.5 Å². The average molecular weight is 1380 g/mol. The fraction of sp³-hybridized carbons (Fsp3) is 0.162. The molecule has 0 aliphatic heterocycles. The maximum Gasteiger partial charge on any atom is 3.00 e. The quantitative estimate of drug-likeness (QED) is 0.0998. The molecular weight excluding hydrogens is 1300 g/mol. The minimum Gasteiger partial charge on any atom is -0.872 e. The van der Waals surface area contributed by atoms with E-state index in [1.54, 1.807) is 37.0 Å². The molecule has 12 rings (SSSR count). The Morgan fingerprint density at radius 3 is 0.784 bits per heavy atom. The molecule has 0 aliphatic carbocycles. The molecule has 2 heterocycles. The van der Waals surface area contributed by atoms with Crippen molar-refractivity contribution in [3.63, 3.8) is 0 Å². The van der Waals surface area contributed by atoms with Crippen LogP contribution in [0.3, 0.4) is 0 Å². The van der Waals surface area contributed by atoms with E-state index in [0.717, 1.165) is 77.0 Å². The summed E-state index contributed by atoms with van der Waals surface area (Å²) in [4.78, 5) is 17.9. The summed E-state index contributed by atoms with van der Waals surface area (Å²) in [6.45, 7) is 27.6. The molecule has 0 unspecified atom stereocenters. The molecule has 12 aromatic rings. The van der Waals surface area contributed by atoms with E-state index in [9.17, 15) is 10.2 Å². The first-order chi connectivity index (χ1) is 41.0. The normalized spacial score (nSPS) is 11.3. The van der Waals surface area contributed by atoms with Crippen LogP contribution in [-0.4, -0.2) is 45.4 Å².